The van der Waals surface area contributed by atoms with Crippen molar-refractivity contribution in [2.75, 3.05) is 0 Å². The third kappa shape index (κ3) is 1.15. The summed E-state index contributed by atoms with van der Waals surface area (Å²) >= 11 is 11.7. The monoisotopic (exact) mass is 229 g/mol. The van der Waals surface area contributed by atoms with Crippen molar-refractivity contribution in [2.45, 2.75) is 0 Å². The molecule has 3 N–H and O–H groups in total. The number of hydrogen-bond donors (Lipinski definition) is 3. The maximum atomic E-state index is 9.38. The molecule has 0 aliphatic heterocycles. The number of hydrogen-bond acceptors (Lipinski definition) is 3. The second kappa shape index (κ2) is 3.15. The fourth-order valence-electron chi connectivity index (χ4n) is 1.30. The third-order valence-corrected chi connectivity index (χ3v) is 2.73. The molecule has 0 atom stereocenters. The van der Waals surface area contributed by atoms with Crippen molar-refractivity contribution in [1.82, 2.24) is 4.98 Å². The molecule has 0 bridgehead atoms. The van der Waals surface area contributed by atoms with E-state index in [1.165, 1.54) is 0 Å². The SMILES string of the molecule is N=Nc1c(O)[nH]c2ccc(Cl)c(Cl)c12. The number of halogens is 2. The second-order valence-corrected chi connectivity index (χ2v) is 3.50. The first-order valence-corrected chi connectivity index (χ1v) is 4.47. The Labute approximate surface area is 89.0 Å². The predicted molar refractivity (Wildman–Crippen MR) is 54.8 cm³/mol. The van der Waals surface area contributed by atoms with E-state index < -0.39 is 0 Å². The van der Waals surface area contributed by atoms with Crippen molar-refractivity contribution >= 4 is 39.8 Å². The van der Waals surface area contributed by atoms with Gasteiger partial charge in [-0.2, -0.15) is 5.11 Å². The van der Waals surface area contributed by atoms with Crippen LogP contribution in [0, 0.1) is 5.53 Å². The lowest BCUT2D eigenvalue weighted by molar-refractivity contribution is 0.459. The number of aromatic amines is 1. The Morgan fingerprint density at radius 2 is 2.07 bits per heavy atom. The van der Waals surface area contributed by atoms with Gasteiger partial charge in [-0.15, -0.1) is 0 Å². The molecule has 6 heteroatoms. The zero-order valence-electron chi connectivity index (χ0n) is 6.81. The van der Waals surface area contributed by atoms with E-state index in [4.69, 9.17) is 28.7 Å². The van der Waals surface area contributed by atoms with Crippen molar-refractivity contribution < 1.29 is 5.11 Å². The lowest BCUT2D eigenvalue weighted by Gasteiger charge is -1.96. The zero-order chi connectivity index (χ0) is 10.3. The summed E-state index contributed by atoms with van der Waals surface area (Å²) < 4.78 is 0. The van der Waals surface area contributed by atoms with E-state index >= 15 is 0 Å². The van der Waals surface area contributed by atoms with Crippen molar-refractivity contribution in [3.05, 3.63) is 22.2 Å². The summed E-state index contributed by atoms with van der Waals surface area (Å²) in [7, 11) is 0. The van der Waals surface area contributed by atoms with Crippen molar-refractivity contribution in [3.8, 4) is 5.88 Å². The van der Waals surface area contributed by atoms with Gasteiger partial charge in [-0.25, -0.2) is 5.53 Å². The topological polar surface area (TPSA) is 72.2 Å². The molecule has 1 aromatic heterocycles. The quantitative estimate of drug-likeness (QED) is 0.639. The molecule has 0 spiro atoms. The molecule has 1 heterocycles. The maximum absolute atomic E-state index is 9.38. The third-order valence-electron chi connectivity index (χ3n) is 1.92. The van der Waals surface area contributed by atoms with E-state index in [1.54, 1.807) is 12.1 Å². The molecule has 0 amide bonds. The van der Waals surface area contributed by atoms with Crippen LogP contribution in [0.2, 0.25) is 10.0 Å². The Morgan fingerprint density at radius 1 is 1.36 bits per heavy atom. The lowest BCUT2D eigenvalue weighted by atomic mass is 10.2. The molecule has 0 unspecified atom stereocenters. The van der Waals surface area contributed by atoms with E-state index in [-0.39, 0.29) is 16.6 Å². The molecule has 2 aromatic rings. The van der Waals surface area contributed by atoms with Crippen LogP contribution in [0.5, 0.6) is 5.88 Å². The van der Waals surface area contributed by atoms with Gasteiger partial charge in [0.25, 0.3) is 0 Å². The van der Waals surface area contributed by atoms with Gasteiger partial charge in [-0.05, 0) is 12.1 Å². The van der Waals surface area contributed by atoms with Gasteiger partial charge in [-0.3, -0.25) is 0 Å². The normalized spacial score (nSPS) is 10.7. The van der Waals surface area contributed by atoms with Crippen LogP contribution in [0.15, 0.2) is 17.2 Å². The number of nitrogens with zero attached hydrogens (tertiary/aromatic N) is 1. The molecule has 0 fully saturated rings. The first-order valence-electron chi connectivity index (χ1n) is 3.71. The molecule has 2 rings (SSSR count). The molecule has 0 aliphatic rings. The maximum Gasteiger partial charge on any atom is 0.218 e. The van der Waals surface area contributed by atoms with Crippen LogP contribution >= 0.6 is 23.2 Å². The van der Waals surface area contributed by atoms with Crippen LogP contribution in [0.4, 0.5) is 5.69 Å². The number of nitrogens with one attached hydrogen (secondary N) is 2. The van der Waals surface area contributed by atoms with E-state index in [0.29, 0.717) is 15.9 Å². The van der Waals surface area contributed by atoms with Crippen molar-refractivity contribution in [1.29, 1.82) is 5.53 Å². The van der Waals surface area contributed by atoms with Crippen LogP contribution in [0.25, 0.3) is 10.9 Å². The van der Waals surface area contributed by atoms with Gasteiger partial charge < -0.3 is 10.1 Å². The van der Waals surface area contributed by atoms with Gasteiger partial charge in [-0.1, -0.05) is 23.2 Å². The van der Waals surface area contributed by atoms with Crippen LogP contribution in [0.1, 0.15) is 0 Å². The summed E-state index contributed by atoms with van der Waals surface area (Å²) in [5.41, 5.74) is 7.60. The molecular formula is C8H5Cl2N3O. The molecule has 0 aliphatic carbocycles. The van der Waals surface area contributed by atoms with Gasteiger partial charge in [0.2, 0.25) is 5.88 Å². The highest BCUT2D eigenvalue weighted by atomic mass is 35.5. The van der Waals surface area contributed by atoms with E-state index in [1.807, 2.05) is 0 Å². The molecule has 4 nitrogen and oxygen atoms in total. The fraction of sp³-hybridized carbons (Fsp3) is 0. The van der Waals surface area contributed by atoms with Gasteiger partial charge in [0.15, 0.2) is 5.69 Å². The Bertz CT molecular complexity index is 521. The minimum Gasteiger partial charge on any atom is -0.493 e. The minimum absolute atomic E-state index is 0.104. The smallest absolute Gasteiger partial charge is 0.218 e. The van der Waals surface area contributed by atoms with E-state index in [0.717, 1.165) is 0 Å². The largest absolute Gasteiger partial charge is 0.493 e. The first kappa shape index (κ1) is 9.30. The first-order chi connectivity index (χ1) is 6.65. The number of aromatic nitrogens is 1. The minimum atomic E-state index is -0.181. The predicted octanol–water partition coefficient (Wildman–Crippen LogP) is 3.84. The fourth-order valence-corrected chi connectivity index (χ4v) is 1.71. The zero-order valence-corrected chi connectivity index (χ0v) is 8.32. The van der Waals surface area contributed by atoms with Gasteiger partial charge >= 0.3 is 0 Å². The van der Waals surface area contributed by atoms with Crippen LogP contribution in [-0.4, -0.2) is 10.1 Å². The number of fused-ring (bicyclic) bond motifs is 1. The Kier molecular flexibility index (Phi) is 2.09. The highest BCUT2D eigenvalue weighted by molar-refractivity contribution is 6.46. The molecule has 14 heavy (non-hydrogen) atoms. The molecule has 1 aromatic carbocycles. The number of rotatable bonds is 1. The molecular weight excluding hydrogens is 225 g/mol. The summed E-state index contributed by atoms with van der Waals surface area (Å²) in [5, 5.41) is 13.7. The molecule has 0 saturated carbocycles. The highest BCUT2D eigenvalue weighted by Crippen LogP contribution is 2.41. The van der Waals surface area contributed by atoms with Crippen molar-refractivity contribution in [3.63, 3.8) is 0 Å². The van der Waals surface area contributed by atoms with E-state index in [2.05, 4.69) is 10.1 Å². The standard InChI is InChI=1S/C8H5Cl2N3O/c9-3-1-2-4-5(6(3)10)7(13-11)8(14)12-4/h1-2,11-12,14H. The van der Waals surface area contributed by atoms with Gasteiger partial charge in [0, 0.05) is 0 Å². The molecule has 0 saturated heterocycles. The van der Waals surface area contributed by atoms with Gasteiger partial charge in [0.1, 0.15) is 0 Å². The number of aromatic hydroxyl groups is 1. The summed E-state index contributed by atoms with van der Waals surface area (Å²) in [6.45, 7) is 0. The van der Waals surface area contributed by atoms with Crippen LogP contribution < -0.4 is 0 Å². The Balaban J connectivity index is 2.97. The highest BCUT2D eigenvalue weighted by Gasteiger charge is 2.14. The van der Waals surface area contributed by atoms with Crippen LogP contribution in [-0.2, 0) is 0 Å². The van der Waals surface area contributed by atoms with Gasteiger partial charge in [0.05, 0.1) is 20.9 Å². The second-order valence-electron chi connectivity index (χ2n) is 2.72. The average Bonchev–Trinajstić information content (AvgIpc) is 2.48. The summed E-state index contributed by atoms with van der Waals surface area (Å²) in [6.07, 6.45) is 0. The van der Waals surface area contributed by atoms with E-state index in [9.17, 15) is 5.11 Å². The number of H-pyrrole nitrogens is 1. The Morgan fingerprint density at radius 3 is 2.71 bits per heavy atom. The van der Waals surface area contributed by atoms with Crippen molar-refractivity contribution in [2.24, 2.45) is 5.11 Å². The average molecular weight is 230 g/mol. The van der Waals surface area contributed by atoms with Crippen LogP contribution in [0.3, 0.4) is 0 Å². The lowest BCUT2D eigenvalue weighted by Crippen LogP contribution is -1.71. The molecule has 72 valence electrons. The summed E-state index contributed by atoms with van der Waals surface area (Å²) in [4.78, 5) is 2.64. The molecule has 0 radical (unpaired) electrons. The number of benzene rings is 1. The summed E-state index contributed by atoms with van der Waals surface area (Å²) in [5.74, 6) is -0.181. The summed E-state index contributed by atoms with van der Waals surface area (Å²) in [6, 6.07) is 3.27. The Hall–Kier alpha value is -1.26.